The Bertz CT molecular complexity index is 527. The van der Waals surface area contributed by atoms with Crippen LogP contribution in [0, 0.1) is 0 Å². The molecule has 1 aromatic rings. The number of para-hydroxylation sites is 1. The van der Waals surface area contributed by atoms with Crippen molar-refractivity contribution in [3.63, 3.8) is 0 Å². The molecule has 0 bridgehead atoms. The number of fused-ring (bicyclic) bond motifs is 3. The standard InChI is InChI=1S/C18H27N3O/c1-3-19(4-2)14-18(22)20-10-7-11-21-16(13-20)12-15-8-5-6-9-17(15)21/h5-6,8-9,16H,3-4,7,10-14H2,1-2H3. The second kappa shape index (κ2) is 6.69. The van der Waals surface area contributed by atoms with E-state index >= 15 is 0 Å². The van der Waals surface area contributed by atoms with Gasteiger partial charge in [0.2, 0.25) is 5.91 Å². The van der Waals surface area contributed by atoms with Crippen LogP contribution in [-0.2, 0) is 11.2 Å². The van der Waals surface area contributed by atoms with Crippen molar-refractivity contribution in [1.29, 1.82) is 0 Å². The first kappa shape index (κ1) is 15.3. The van der Waals surface area contributed by atoms with Crippen LogP contribution in [0.5, 0.6) is 0 Å². The molecule has 1 unspecified atom stereocenters. The van der Waals surface area contributed by atoms with Gasteiger partial charge < -0.3 is 9.80 Å². The molecule has 2 heterocycles. The number of anilines is 1. The molecule has 0 aromatic heterocycles. The maximum Gasteiger partial charge on any atom is 0.236 e. The predicted molar refractivity (Wildman–Crippen MR) is 90.3 cm³/mol. The Morgan fingerprint density at radius 1 is 1.23 bits per heavy atom. The third-order valence-corrected chi connectivity index (χ3v) is 5.06. The Labute approximate surface area is 133 Å². The number of hydrogen-bond acceptors (Lipinski definition) is 3. The minimum atomic E-state index is 0.293. The van der Waals surface area contributed by atoms with E-state index in [1.54, 1.807) is 0 Å². The SMILES string of the molecule is CCN(CC)CC(=O)N1CCCN2c3ccccc3CC2C1. The van der Waals surface area contributed by atoms with E-state index in [2.05, 4.69) is 52.8 Å². The summed E-state index contributed by atoms with van der Waals surface area (Å²) in [5, 5.41) is 0. The minimum Gasteiger partial charge on any atom is -0.366 e. The van der Waals surface area contributed by atoms with Gasteiger partial charge in [-0.1, -0.05) is 32.0 Å². The average molecular weight is 301 g/mol. The molecule has 3 rings (SSSR count). The number of nitrogens with zero attached hydrogens (tertiary/aromatic N) is 3. The highest BCUT2D eigenvalue weighted by Crippen LogP contribution is 2.33. The summed E-state index contributed by atoms with van der Waals surface area (Å²) in [7, 11) is 0. The Hall–Kier alpha value is -1.55. The second-order valence-corrected chi connectivity index (χ2v) is 6.33. The van der Waals surface area contributed by atoms with Gasteiger partial charge in [0.05, 0.1) is 12.6 Å². The highest BCUT2D eigenvalue weighted by Gasteiger charge is 2.33. The van der Waals surface area contributed by atoms with Crippen LogP contribution < -0.4 is 4.90 Å². The number of benzene rings is 1. The molecule has 1 saturated heterocycles. The largest absolute Gasteiger partial charge is 0.366 e. The van der Waals surface area contributed by atoms with E-state index in [9.17, 15) is 4.79 Å². The molecule has 22 heavy (non-hydrogen) atoms. The van der Waals surface area contributed by atoms with E-state index in [4.69, 9.17) is 0 Å². The summed E-state index contributed by atoms with van der Waals surface area (Å²) < 4.78 is 0. The smallest absolute Gasteiger partial charge is 0.236 e. The van der Waals surface area contributed by atoms with Crippen molar-refractivity contribution in [3.8, 4) is 0 Å². The van der Waals surface area contributed by atoms with Gasteiger partial charge in [-0.15, -0.1) is 0 Å². The fraction of sp³-hybridized carbons (Fsp3) is 0.611. The zero-order valence-corrected chi connectivity index (χ0v) is 13.8. The van der Waals surface area contributed by atoms with Gasteiger partial charge in [0.1, 0.15) is 0 Å². The highest BCUT2D eigenvalue weighted by atomic mass is 16.2. The topological polar surface area (TPSA) is 26.8 Å². The van der Waals surface area contributed by atoms with Gasteiger partial charge in [-0.25, -0.2) is 0 Å². The normalized spacial score (nSPS) is 20.8. The van der Waals surface area contributed by atoms with Crippen molar-refractivity contribution in [2.45, 2.75) is 32.7 Å². The molecule has 1 atom stereocenters. The predicted octanol–water partition coefficient (Wildman–Crippen LogP) is 1.99. The molecular formula is C18H27N3O. The van der Waals surface area contributed by atoms with Crippen molar-refractivity contribution in [2.75, 3.05) is 44.2 Å². The molecule has 0 saturated carbocycles. The first-order valence-electron chi connectivity index (χ1n) is 8.57. The van der Waals surface area contributed by atoms with E-state index in [0.717, 1.165) is 45.6 Å². The maximum absolute atomic E-state index is 12.6. The Morgan fingerprint density at radius 2 is 2.00 bits per heavy atom. The van der Waals surface area contributed by atoms with Crippen LogP contribution in [0.2, 0.25) is 0 Å². The van der Waals surface area contributed by atoms with Crippen LogP contribution in [-0.4, -0.2) is 61.0 Å². The second-order valence-electron chi connectivity index (χ2n) is 6.33. The highest BCUT2D eigenvalue weighted by molar-refractivity contribution is 5.78. The van der Waals surface area contributed by atoms with Crippen LogP contribution in [0.4, 0.5) is 5.69 Å². The van der Waals surface area contributed by atoms with Gasteiger partial charge in [-0.2, -0.15) is 0 Å². The molecule has 1 fully saturated rings. The van der Waals surface area contributed by atoms with E-state index in [1.807, 2.05) is 0 Å². The summed E-state index contributed by atoms with van der Waals surface area (Å²) in [6, 6.07) is 9.15. The number of amides is 1. The molecule has 4 heteroatoms. The maximum atomic E-state index is 12.6. The lowest BCUT2D eigenvalue weighted by Crippen LogP contribution is -2.45. The molecule has 120 valence electrons. The van der Waals surface area contributed by atoms with Crippen molar-refractivity contribution in [3.05, 3.63) is 29.8 Å². The molecule has 0 N–H and O–H groups in total. The van der Waals surface area contributed by atoms with Crippen LogP contribution in [0.3, 0.4) is 0 Å². The van der Waals surface area contributed by atoms with Crippen molar-refractivity contribution < 1.29 is 4.79 Å². The summed E-state index contributed by atoms with van der Waals surface area (Å²) in [5.74, 6) is 0.293. The molecule has 1 aromatic carbocycles. The first-order chi connectivity index (χ1) is 10.7. The van der Waals surface area contributed by atoms with Crippen LogP contribution in [0.15, 0.2) is 24.3 Å². The average Bonchev–Trinajstić information content (AvgIpc) is 2.75. The van der Waals surface area contributed by atoms with Crippen molar-refractivity contribution in [1.82, 2.24) is 9.80 Å². The number of carbonyl (C=O) groups is 1. The molecule has 0 aliphatic carbocycles. The van der Waals surface area contributed by atoms with Crippen LogP contribution >= 0.6 is 0 Å². The lowest BCUT2D eigenvalue weighted by atomic mass is 10.1. The zero-order chi connectivity index (χ0) is 15.5. The van der Waals surface area contributed by atoms with E-state index in [1.165, 1.54) is 11.3 Å². The number of carbonyl (C=O) groups excluding carboxylic acids is 1. The van der Waals surface area contributed by atoms with Crippen LogP contribution in [0.25, 0.3) is 0 Å². The van der Waals surface area contributed by atoms with Crippen LogP contribution in [0.1, 0.15) is 25.8 Å². The van der Waals surface area contributed by atoms with Gasteiger partial charge in [-0.05, 0) is 37.6 Å². The summed E-state index contributed by atoms with van der Waals surface area (Å²) in [6.07, 6.45) is 2.14. The molecule has 2 aliphatic heterocycles. The molecule has 4 nitrogen and oxygen atoms in total. The summed E-state index contributed by atoms with van der Waals surface area (Å²) in [4.78, 5) is 19.4. The van der Waals surface area contributed by atoms with Crippen molar-refractivity contribution >= 4 is 11.6 Å². The molecule has 1 amide bonds. The summed E-state index contributed by atoms with van der Waals surface area (Å²) >= 11 is 0. The third-order valence-electron chi connectivity index (χ3n) is 5.06. The third kappa shape index (κ3) is 2.98. The fourth-order valence-corrected chi connectivity index (χ4v) is 3.73. The fourth-order valence-electron chi connectivity index (χ4n) is 3.73. The number of rotatable bonds is 4. The molecule has 0 radical (unpaired) electrons. The lowest BCUT2D eigenvalue weighted by molar-refractivity contribution is -0.132. The van der Waals surface area contributed by atoms with Crippen molar-refractivity contribution in [2.24, 2.45) is 0 Å². The van der Waals surface area contributed by atoms with Gasteiger partial charge in [0.15, 0.2) is 0 Å². The Balaban J connectivity index is 1.68. The van der Waals surface area contributed by atoms with E-state index < -0.39 is 0 Å². The van der Waals surface area contributed by atoms with E-state index in [-0.39, 0.29) is 0 Å². The van der Waals surface area contributed by atoms with Gasteiger partial charge >= 0.3 is 0 Å². The number of hydrogen-bond donors (Lipinski definition) is 0. The quantitative estimate of drug-likeness (QED) is 0.851. The minimum absolute atomic E-state index is 0.293. The molecule has 2 aliphatic rings. The molecule has 0 spiro atoms. The monoisotopic (exact) mass is 301 g/mol. The van der Waals surface area contributed by atoms with E-state index in [0.29, 0.717) is 18.5 Å². The summed E-state index contributed by atoms with van der Waals surface area (Å²) in [5.41, 5.74) is 2.82. The summed E-state index contributed by atoms with van der Waals surface area (Å²) in [6.45, 7) is 9.52. The van der Waals surface area contributed by atoms with Gasteiger partial charge in [0.25, 0.3) is 0 Å². The number of likely N-dealkylation sites (N-methyl/N-ethyl adjacent to an activating group) is 1. The van der Waals surface area contributed by atoms with Gasteiger partial charge in [-0.3, -0.25) is 9.69 Å². The zero-order valence-electron chi connectivity index (χ0n) is 13.8. The first-order valence-corrected chi connectivity index (χ1v) is 8.57. The van der Waals surface area contributed by atoms with Gasteiger partial charge in [0, 0.05) is 25.3 Å². The lowest BCUT2D eigenvalue weighted by Gasteiger charge is -2.29. The molecular weight excluding hydrogens is 274 g/mol. The Morgan fingerprint density at radius 3 is 2.77 bits per heavy atom. The Kier molecular flexibility index (Phi) is 4.67.